The first-order valence-electron chi connectivity index (χ1n) is 6.67. The van der Waals surface area contributed by atoms with Crippen molar-refractivity contribution in [1.29, 1.82) is 0 Å². The van der Waals surface area contributed by atoms with Gasteiger partial charge in [0.25, 0.3) is 5.91 Å². The molecule has 0 spiro atoms. The maximum absolute atomic E-state index is 12.4. The van der Waals surface area contributed by atoms with Gasteiger partial charge in [0.15, 0.2) is 0 Å². The topological polar surface area (TPSA) is 54.0 Å². The van der Waals surface area contributed by atoms with Gasteiger partial charge >= 0.3 is 0 Å². The normalized spacial score (nSPS) is 10.3. The standard InChI is InChI=1S/C16H19N3O/c1-12-11-18-10-8-15(12)19-16(20)14-6-4-3-5-13(14)7-9-17-2/h3-6,8,10-11,17H,7,9H2,1-2H3,(H,18,19,20). The Bertz CT molecular complexity index is 596. The summed E-state index contributed by atoms with van der Waals surface area (Å²) in [5, 5.41) is 6.05. The van der Waals surface area contributed by atoms with Crippen molar-refractivity contribution in [1.82, 2.24) is 10.3 Å². The van der Waals surface area contributed by atoms with Crippen molar-refractivity contribution < 1.29 is 4.79 Å². The quantitative estimate of drug-likeness (QED) is 0.876. The first kappa shape index (κ1) is 14.2. The summed E-state index contributed by atoms with van der Waals surface area (Å²) in [5.74, 6) is -0.0778. The van der Waals surface area contributed by atoms with Gasteiger partial charge in [-0.1, -0.05) is 18.2 Å². The van der Waals surface area contributed by atoms with Crippen LogP contribution in [-0.4, -0.2) is 24.5 Å². The summed E-state index contributed by atoms with van der Waals surface area (Å²) in [6, 6.07) is 9.50. The number of pyridine rings is 1. The van der Waals surface area contributed by atoms with Crippen LogP contribution in [0, 0.1) is 6.92 Å². The van der Waals surface area contributed by atoms with Crippen LogP contribution in [0.5, 0.6) is 0 Å². The summed E-state index contributed by atoms with van der Waals surface area (Å²) in [6.07, 6.45) is 4.24. The Kier molecular flexibility index (Phi) is 4.85. The average molecular weight is 269 g/mol. The number of nitrogens with one attached hydrogen (secondary N) is 2. The molecule has 1 heterocycles. The number of amides is 1. The fourth-order valence-corrected chi connectivity index (χ4v) is 2.02. The lowest BCUT2D eigenvalue weighted by molar-refractivity contribution is 0.102. The van der Waals surface area contributed by atoms with Crippen LogP contribution in [0.3, 0.4) is 0 Å². The van der Waals surface area contributed by atoms with Gasteiger partial charge in [-0.25, -0.2) is 0 Å². The third-order valence-corrected chi connectivity index (χ3v) is 3.17. The highest BCUT2D eigenvalue weighted by Gasteiger charge is 2.11. The molecule has 0 unspecified atom stereocenters. The van der Waals surface area contributed by atoms with Crippen molar-refractivity contribution >= 4 is 11.6 Å². The Morgan fingerprint density at radius 3 is 2.80 bits per heavy atom. The van der Waals surface area contributed by atoms with Gasteiger partial charge in [0.1, 0.15) is 0 Å². The van der Waals surface area contributed by atoms with E-state index in [1.54, 1.807) is 12.4 Å². The molecule has 4 heteroatoms. The fraction of sp³-hybridized carbons (Fsp3) is 0.250. The van der Waals surface area contributed by atoms with E-state index in [0.717, 1.165) is 35.3 Å². The van der Waals surface area contributed by atoms with Crippen LogP contribution in [0.1, 0.15) is 21.5 Å². The maximum Gasteiger partial charge on any atom is 0.255 e. The number of carbonyl (C=O) groups excluding carboxylic acids is 1. The van der Waals surface area contributed by atoms with Crippen LogP contribution in [0.4, 0.5) is 5.69 Å². The van der Waals surface area contributed by atoms with E-state index < -0.39 is 0 Å². The van der Waals surface area contributed by atoms with Crippen molar-refractivity contribution in [2.24, 2.45) is 0 Å². The second-order valence-corrected chi connectivity index (χ2v) is 4.66. The molecule has 2 aromatic rings. The third kappa shape index (κ3) is 3.42. The van der Waals surface area contributed by atoms with E-state index in [1.165, 1.54) is 0 Å². The number of benzene rings is 1. The minimum absolute atomic E-state index is 0.0778. The van der Waals surface area contributed by atoms with Gasteiger partial charge < -0.3 is 10.6 Å². The maximum atomic E-state index is 12.4. The second kappa shape index (κ2) is 6.82. The van der Waals surface area contributed by atoms with Crippen molar-refractivity contribution in [3.8, 4) is 0 Å². The fourth-order valence-electron chi connectivity index (χ4n) is 2.02. The number of aromatic nitrogens is 1. The number of likely N-dealkylation sites (N-methyl/N-ethyl adjacent to an activating group) is 1. The molecule has 2 N–H and O–H groups in total. The van der Waals surface area contributed by atoms with Gasteiger partial charge in [0.05, 0.1) is 0 Å². The zero-order chi connectivity index (χ0) is 14.4. The molecule has 1 aromatic carbocycles. The number of hydrogen-bond acceptors (Lipinski definition) is 3. The highest BCUT2D eigenvalue weighted by atomic mass is 16.1. The summed E-state index contributed by atoms with van der Waals surface area (Å²) in [6.45, 7) is 2.77. The molecular weight excluding hydrogens is 250 g/mol. The van der Waals surface area contributed by atoms with Crippen LogP contribution < -0.4 is 10.6 Å². The van der Waals surface area contributed by atoms with E-state index in [4.69, 9.17) is 0 Å². The zero-order valence-electron chi connectivity index (χ0n) is 11.8. The van der Waals surface area contributed by atoms with E-state index in [0.29, 0.717) is 0 Å². The highest BCUT2D eigenvalue weighted by Crippen LogP contribution is 2.15. The Hall–Kier alpha value is -2.20. The molecule has 104 valence electrons. The molecule has 0 atom stereocenters. The second-order valence-electron chi connectivity index (χ2n) is 4.66. The number of carbonyl (C=O) groups is 1. The average Bonchev–Trinajstić information content (AvgIpc) is 2.47. The molecule has 0 saturated carbocycles. The molecule has 0 bridgehead atoms. The number of nitrogens with zero attached hydrogens (tertiary/aromatic N) is 1. The highest BCUT2D eigenvalue weighted by molar-refractivity contribution is 6.05. The van der Waals surface area contributed by atoms with Crippen LogP contribution in [0.15, 0.2) is 42.7 Å². The molecule has 0 aliphatic rings. The van der Waals surface area contributed by atoms with Crippen molar-refractivity contribution in [2.45, 2.75) is 13.3 Å². The summed E-state index contributed by atoms with van der Waals surface area (Å²) in [5.41, 5.74) is 3.52. The van der Waals surface area contributed by atoms with Gasteiger partial charge in [-0.05, 0) is 50.2 Å². The monoisotopic (exact) mass is 269 g/mol. The van der Waals surface area contributed by atoms with Crippen LogP contribution in [0.2, 0.25) is 0 Å². The Morgan fingerprint density at radius 2 is 2.05 bits per heavy atom. The third-order valence-electron chi connectivity index (χ3n) is 3.17. The Labute approximate surface area is 119 Å². The molecule has 0 fully saturated rings. The number of hydrogen-bond donors (Lipinski definition) is 2. The molecule has 0 radical (unpaired) electrons. The molecule has 0 aliphatic carbocycles. The molecule has 0 aliphatic heterocycles. The molecule has 4 nitrogen and oxygen atoms in total. The summed E-state index contributed by atoms with van der Waals surface area (Å²) >= 11 is 0. The van der Waals surface area contributed by atoms with Gasteiger partial charge in [-0.2, -0.15) is 0 Å². The number of aryl methyl sites for hydroxylation is 1. The predicted molar refractivity (Wildman–Crippen MR) is 81.0 cm³/mol. The van der Waals surface area contributed by atoms with Crippen molar-refractivity contribution in [3.05, 3.63) is 59.4 Å². The number of anilines is 1. The van der Waals surface area contributed by atoms with E-state index in [9.17, 15) is 4.79 Å². The van der Waals surface area contributed by atoms with Gasteiger partial charge in [0, 0.05) is 23.6 Å². The van der Waals surface area contributed by atoms with E-state index in [-0.39, 0.29) is 5.91 Å². The molecule has 2 rings (SSSR count). The lowest BCUT2D eigenvalue weighted by Gasteiger charge is -2.11. The zero-order valence-corrected chi connectivity index (χ0v) is 11.8. The molecule has 20 heavy (non-hydrogen) atoms. The van der Waals surface area contributed by atoms with Gasteiger partial charge in [-0.3, -0.25) is 9.78 Å². The Balaban J connectivity index is 2.19. The van der Waals surface area contributed by atoms with Gasteiger partial charge in [0.2, 0.25) is 0 Å². The lowest BCUT2D eigenvalue weighted by atomic mass is 10.0. The van der Waals surface area contributed by atoms with Crippen molar-refractivity contribution in [2.75, 3.05) is 18.9 Å². The van der Waals surface area contributed by atoms with Gasteiger partial charge in [-0.15, -0.1) is 0 Å². The van der Waals surface area contributed by atoms with E-state index in [1.807, 2.05) is 44.3 Å². The van der Waals surface area contributed by atoms with Crippen LogP contribution in [-0.2, 0) is 6.42 Å². The predicted octanol–water partition coefficient (Wildman–Crippen LogP) is 2.40. The first-order chi connectivity index (χ1) is 9.72. The molecule has 1 aromatic heterocycles. The lowest BCUT2D eigenvalue weighted by Crippen LogP contribution is -2.17. The number of rotatable bonds is 5. The van der Waals surface area contributed by atoms with E-state index in [2.05, 4.69) is 15.6 Å². The molecule has 0 saturated heterocycles. The smallest absolute Gasteiger partial charge is 0.255 e. The van der Waals surface area contributed by atoms with Crippen LogP contribution in [0.25, 0.3) is 0 Å². The SMILES string of the molecule is CNCCc1ccccc1C(=O)Nc1ccncc1C. The summed E-state index contributed by atoms with van der Waals surface area (Å²) in [7, 11) is 1.91. The Morgan fingerprint density at radius 1 is 1.25 bits per heavy atom. The largest absolute Gasteiger partial charge is 0.322 e. The van der Waals surface area contributed by atoms with E-state index >= 15 is 0 Å². The molecule has 1 amide bonds. The minimum atomic E-state index is -0.0778. The van der Waals surface area contributed by atoms with Crippen molar-refractivity contribution in [3.63, 3.8) is 0 Å². The summed E-state index contributed by atoms with van der Waals surface area (Å²) in [4.78, 5) is 16.4. The first-order valence-corrected chi connectivity index (χ1v) is 6.67. The van der Waals surface area contributed by atoms with Crippen LogP contribution >= 0.6 is 0 Å². The molecular formula is C16H19N3O. The summed E-state index contributed by atoms with van der Waals surface area (Å²) < 4.78 is 0. The minimum Gasteiger partial charge on any atom is -0.322 e.